The number of nitrogens with zero attached hydrogens (tertiary/aromatic N) is 2. The number of carbonyl (C=O) groups is 2. The second-order valence-electron chi connectivity index (χ2n) is 7.80. The number of ketones is 1. The van der Waals surface area contributed by atoms with Crippen molar-refractivity contribution in [3.8, 4) is 11.3 Å². The molecule has 1 aromatic heterocycles. The van der Waals surface area contributed by atoms with Crippen LogP contribution in [0, 0.1) is 6.92 Å². The lowest BCUT2D eigenvalue weighted by Crippen LogP contribution is -2.36. The molecule has 0 N–H and O–H groups in total. The van der Waals surface area contributed by atoms with Gasteiger partial charge in [-0.1, -0.05) is 48.5 Å². The van der Waals surface area contributed by atoms with Crippen LogP contribution in [0.5, 0.6) is 0 Å². The predicted molar refractivity (Wildman–Crippen MR) is 116 cm³/mol. The van der Waals surface area contributed by atoms with E-state index in [-0.39, 0.29) is 17.7 Å². The summed E-state index contributed by atoms with van der Waals surface area (Å²) in [6, 6.07) is 20.3. The first kappa shape index (κ1) is 19.2. The van der Waals surface area contributed by atoms with Crippen molar-refractivity contribution < 1.29 is 9.59 Å². The molecule has 4 heteroatoms. The summed E-state index contributed by atoms with van der Waals surface area (Å²) in [6.45, 7) is 6.20. The molecule has 1 aliphatic heterocycles. The Labute approximate surface area is 171 Å². The molecular weight excluding hydrogens is 360 g/mol. The normalized spacial score (nSPS) is 15.4. The predicted octanol–water partition coefficient (Wildman–Crippen LogP) is 5.03. The summed E-state index contributed by atoms with van der Waals surface area (Å²) in [7, 11) is 0. The van der Waals surface area contributed by atoms with Gasteiger partial charge in [-0.15, -0.1) is 0 Å². The van der Waals surface area contributed by atoms with Crippen LogP contribution >= 0.6 is 0 Å². The summed E-state index contributed by atoms with van der Waals surface area (Å²) < 4.78 is 2.11. The van der Waals surface area contributed by atoms with E-state index in [0.29, 0.717) is 13.0 Å². The maximum atomic E-state index is 13.1. The molecule has 1 aliphatic rings. The molecule has 0 saturated heterocycles. The van der Waals surface area contributed by atoms with Crippen LogP contribution in [0.25, 0.3) is 11.3 Å². The topological polar surface area (TPSA) is 42.3 Å². The van der Waals surface area contributed by atoms with E-state index in [2.05, 4.69) is 17.6 Å². The van der Waals surface area contributed by atoms with Crippen molar-refractivity contribution in [3.63, 3.8) is 0 Å². The highest BCUT2D eigenvalue weighted by Crippen LogP contribution is 2.33. The first-order valence-corrected chi connectivity index (χ1v) is 10.1. The average Bonchev–Trinajstić information content (AvgIpc) is 3.23. The number of rotatable bonds is 5. The zero-order valence-electron chi connectivity index (χ0n) is 17.2. The highest BCUT2D eigenvalue weighted by Gasteiger charge is 2.30. The number of benzene rings is 2. The Kier molecular flexibility index (Phi) is 5.10. The molecule has 148 valence electrons. The van der Waals surface area contributed by atoms with Gasteiger partial charge in [-0.3, -0.25) is 9.59 Å². The van der Waals surface area contributed by atoms with E-state index >= 15 is 0 Å². The van der Waals surface area contributed by atoms with Gasteiger partial charge in [-0.25, -0.2) is 0 Å². The van der Waals surface area contributed by atoms with Crippen LogP contribution in [-0.2, 0) is 17.8 Å². The van der Waals surface area contributed by atoms with Crippen LogP contribution in [0.15, 0.2) is 60.7 Å². The molecule has 3 aromatic rings. The monoisotopic (exact) mass is 386 g/mol. The van der Waals surface area contributed by atoms with Gasteiger partial charge in [-0.2, -0.15) is 0 Å². The third-order valence-corrected chi connectivity index (χ3v) is 5.84. The van der Waals surface area contributed by atoms with Gasteiger partial charge in [0.15, 0.2) is 5.78 Å². The van der Waals surface area contributed by atoms with Gasteiger partial charge in [0.25, 0.3) is 0 Å². The van der Waals surface area contributed by atoms with E-state index in [1.807, 2.05) is 66.4 Å². The highest BCUT2D eigenvalue weighted by atomic mass is 16.2. The lowest BCUT2D eigenvalue weighted by molar-refractivity contribution is -0.119. The summed E-state index contributed by atoms with van der Waals surface area (Å²) in [5.74, 6) is 0.172. The number of aromatic nitrogens is 1. The van der Waals surface area contributed by atoms with Gasteiger partial charge in [0.2, 0.25) is 5.91 Å². The van der Waals surface area contributed by atoms with Crippen molar-refractivity contribution in [2.24, 2.45) is 0 Å². The Morgan fingerprint density at radius 2 is 1.72 bits per heavy atom. The van der Waals surface area contributed by atoms with Crippen molar-refractivity contribution in [1.82, 2.24) is 4.57 Å². The molecule has 1 amide bonds. The summed E-state index contributed by atoms with van der Waals surface area (Å²) >= 11 is 0. The van der Waals surface area contributed by atoms with Crippen molar-refractivity contribution in [2.75, 3.05) is 4.90 Å². The Bertz CT molecular complexity index is 1070. The van der Waals surface area contributed by atoms with Crippen LogP contribution in [0.4, 0.5) is 5.69 Å². The molecule has 0 aliphatic carbocycles. The molecule has 0 fully saturated rings. The van der Waals surface area contributed by atoms with Gasteiger partial charge in [0, 0.05) is 41.6 Å². The molecule has 2 heterocycles. The number of amides is 1. The third-order valence-electron chi connectivity index (χ3n) is 5.84. The first-order chi connectivity index (χ1) is 14.0. The van der Waals surface area contributed by atoms with Crippen molar-refractivity contribution >= 4 is 17.4 Å². The van der Waals surface area contributed by atoms with E-state index in [9.17, 15) is 9.59 Å². The fourth-order valence-corrected chi connectivity index (χ4v) is 4.41. The quantitative estimate of drug-likeness (QED) is 0.577. The Balaban J connectivity index is 1.62. The summed E-state index contributed by atoms with van der Waals surface area (Å²) in [5, 5.41) is 0. The van der Waals surface area contributed by atoms with Gasteiger partial charge in [0.1, 0.15) is 0 Å². The molecule has 0 bridgehead atoms. The zero-order valence-corrected chi connectivity index (χ0v) is 17.2. The summed E-state index contributed by atoms with van der Waals surface area (Å²) in [4.78, 5) is 27.2. The van der Waals surface area contributed by atoms with Gasteiger partial charge >= 0.3 is 0 Å². The van der Waals surface area contributed by atoms with Gasteiger partial charge in [0.05, 0.1) is 0 Å². The third kappa shape index (κ3) is 3.51. The van der Waals surface area contributed by atoms with Crippen LogP contribution in [0.2, 0.25) is 0 Å². The molecule has 0 radical (unpaired) electrons. The second-order valence-corrected chi connectivity index (χ2v) is 7.80. The standard InChI is InChI=1S/C25H26N2O2/c1-17-15-21-11-7-8-12-23(21)27(17)25(29)13-14-26-18(2)22(19(3)28)16-24(26)20-9-5-4-6-10-20/h4-12,16-17H,13-15H2,1-3H3. The van der Waals surface area contributed by atoms with E-state index in [0.717, 1.165) is 34.6 Å². The molecule has 4 nitrogen and oxygen atoms in total. The SMILES string of the molecule is CC(=O)c1cc(-c2ccccc2)n(CCC(=O)N2c3ccccc3CC2C)c1C. The average molecular weight is 386 g/mol. The fraction of sp³-hybridized carbons (Fsp3) is 0.280. The van der Waals surface area contributed by atoms with Crippen LogP contribution in [0.3, 0.4) is 0 Å². The van der Waals surface area contributed by atoms with Crippen LogP contribution in [-0.4, -0.2) is 22.3 Å². The number of hydrogen-bond acceptors (Lipinski definition) is 2. The second kappa shape index (κ2) is 7.70. The molecule has 29 heavy (non-hydrogen) atoms. The minimum Gasteiger partial charge on any atom is -0.344 e. The van der Waals surface area contributed by atoms with Gasteiger partial charge < -0.3 is 9.47 Å². The number of hydrogen-bond donors (Lipinski definition) is 0. The summed E-state index contributed by atoms with van der Waals surface area (Å²) in [5.41, 5.74) is 5.93. The maximum Gasteiger partial charge on any atom is 0.229 e. The lowest BCUT2D eigenvalue weighted by Gasteiger charge is -2.23. The smallest absolute Gasteiger partial charge is 0.229 e. The largest absolute Gasteiger partial charge is 0.344 e. The van der Waals surface area contributed by atoms with Crippen molar-refractivity contribution in [3.05, 3.63) is 77.5 Å². The Morgan fingerprint density at radius 1 is 1.03 bits per heavy atom. The van der Waals surface area contributed by atoms with Crippen molar-refractivity contribution in [2.45, 2.75) is 46.2 Å². The first-order valence-electron chi connectivity index (χ1n) is 10.1. The number of para-hydroxylation sites is 1. The Morgan fingerprint density at radius 3 is 2.45 bits per heavy atom. The minimum absolute atomic E-state index is 0.0480. The van der Waals surface area contributed by atoms with E-state index in [1.54, 1.807) is 6.92 Å². The van der Waals surface area contributed by atoms with Crippen LogP contribution < -0.4 is 4.90 Å². The number of Topliss-reactive ketones (excluding diaryl/α,β-unsaturated/α-hetero) is 1. The minimum atomic E-state index is 0.0480. The number of carbonyl (C=O) groups excluding carboxylic acids is 2. The Hall–Kier alpha value is -3.14. The molecule has 1 unspecified atom stereocenters. The number of fused-ring (bicyclic) bond motifs is 1. The molecular formula is C25H26N2O2. The molecule has 1 atom stereocenters. The maximum absolute atomic E-state index is 13.1. The summed E-state index contributed by atoms with van der Waals surface area (Å²) in [6.07, 6.45) is 1.29. The highest BCUT2D eigenvalue weighted by molar-refractivity contribution is 5.97. The number of anilines is 1. The van der Waals surface area contributed by atoms with E-state index in [1.165, 1.54) is 5.56 Å². The van der Waals surface area contributed by atoms with Crippen LogP contribution in [0.1, 0.15) is 41.9 Å². The molecule has 4 rings (SSSR count). The zero-order chi connectivity index (χ0) is 20.5. The lowest BCUT2D eigenvalue weighted by atomic mass is 10.1. The molecule has 0 spiro atoms. The van der Waals surface area contributed by atoms with E-state index in [4.69, 9.17) is 0 Å². The van der Waals surface area contributed by atoms with Gasteiger partial charge in [-0.05, 0) is 50.5 Å². The fourth-order valence-electron chi connectivity index (χ4n) is 4.41. The molecule has 2 aromatic carbocycles. The van der Waals surface area contributed by atoms with E-state index < -0.39 is 0 Å². The molecule has 0 saturated carbocycles. The van der Waals surface area contributed by atoms with Crippen molar-refractivity contribution in [1.29, 1.82) is 0 Å².